The standard InChI is InChI=1S/C21H22N6S2/c1-13(2)27-17-8-4-6-10-19(17)29-21(26)15(12-23)14(11-22)20(25)28-18-9-5-3-7-16(18)24/h3-10,13,27H,24-26H2,1-2H3/b20-14+,21-15+. The van der Waals surface area contributed by atoms with Crippen molar-refractivity contribution in [3.8, 4) is 12.1 Å². The maximum absolute atomic E-state index is 9.67. The maximum atomic E-state index is 9.67. The largest absolute Gasteiger partial charge is 0.398 e. The van der Waals surface area contributed by atoms with Gasteiger partial charge in [-0.3, -0.25) is 0 Å². The van der Waals surface area contributed by atoms with Crippen LogP contribution in [0.2, 0.25) is 0 Å². The van der Waals surface area contributed by atoms with Crippen molar-refractivity contribution in [1.82, 2.24) is 0 Å². The monoisotopic (exact) mass is 422 g/mol. The molecule has 0 aliphatic carbocycles. The van der Waals surface area contributed by atoms with E-state index in [-0.39, 0.29) is 27.2 Å². The fourth-order valence-electron chi connectivity index (χ4n) is 2.37. The number of nitriles is 2. The number of anilines is 2. The molecule has 0 spiro atoms. The SMILES string of the molecule is CC(C)Nc1ccccc1S/C(N)=C(C#N)/C(C#N)=C(\N)Sc1ccccc1N. The number of thioether (sulfide) groups is 2. The third-order valence-electron chi connectivity index (χ3n) is 3.66. The molecule has 0 aromatic heterocycles. The van der Waals surface area contributed by atoms with E-state index >= 15 is 0 Å². The number of allylic oxidation sites excluding steroid dienone is 2. The summed E-state index contributed by atoms with van der Waals surface area (Å²) in [5, 5.41) is 23.0. The first-order chi connectivity index (χ1) is 13.9. The summed E-state index contributed by atoms with van der Waals surface area (Å²) in [6, 6.07) is 19.1. The van der Waals surface area contributed by atoms with Crippen molar-refractivity contribution < 1.29 is 0 Å². The highest BCUT2D eigenvalue weighted by Crippen LogP contribution is 2.36. The minimum absolute atomic E-state index is 0.0278. The lowest BCUT2D eigenvalue weighted by molar-refractivity contribution is 0.894. The van der Waals surface area contributed by atoms with Gasteiger partial charge in [0.2, 0.25) is 0 Å². The van der Waals surface area contributed by atoms with Gasteiger partial charge in [0.05, 0.1) is 10.1 Å². The summed E-state index contributed by atoms with van der Waals surface area (Å²) in [5.41, 5.74) is 19.8. The summed E-state index contributed by atoms with van der Waals surface area (Å²) < 4.78 is 0. The predicted octanol–water partition coefficient (Wildman–Crippen LogP) is 4.36. The Labute approximate surface area is 179 Å². The third kappa shape index (κ3) is 5.89. The van der Waals surface area contributed by atoms with E-state index in [9.17, 15) is 10.5 Å². The number of para-hydroxylation sites is 2. The molecule has 7 N–H and O–H groups in total. The van der Waals surface area contributed by atoms with E-state index in [1.54, 1.807) is 12.1 Å². The molecule has 0 unspecified atom stereocenters. The van der Waals surface area contributed by atoms with Crippen molar-refractivity contribution in [2.24, 2.45) is 11.5 Å². The average Bonchev–Trinajstić information content (AvgIpc) is 2.68. The topological polar surface area (TPSA) is 138 Å². The molecule has 0 fully saturated rings. The van der Waals surface area contributed by atoms with Gasteiger partial charge in [-0.05, 0) is 38.1 Å². The van der Waals surface area contributed by atoms with Crippen molar-refractivity contribution in [2.75, 3.05) is 11.1 Å². The molecule has 29 heavy (non-hydrogen) atoms. The fraction of sp³-hybridized carbons (Fsp3) is 0.143. The van der Waals surface area contributed by atoms with Gasteiger partial charge < -0.3 is 22.5 Å². The van der Waals surface area contributed by atoms with Gasteiger partial charge in [0.15, 0.2) is 0 Å². The molecule has 0 radical (unpaired) electrons. The summed E-state index contributed by atoms with van der Waals surface area (Å²) in [7, 11) is 0. The lowest BCUT2D eigenvalue weighted by Gasteiger charge is -2.15. The van der Waals surface area contributed by atoms with Gasteiger partial charge in [-0.25, -0.2) is 0 Å². The highest BCUT2D eigenvalue weighted by Gasteiger charge is 2.17. The molecule has 148 valence electrons. The Bertz CT molecular complexity index is 1030. The van der Waals surface area contributed by atoms with Crippen LogP contribution < -0.4 is 22.5 Å². The van der Waals surface area contributed by atoms with E-state index in [0.29, 0.717) is 10.6 Å². The van der Waals surface area contributed by atoms with Crippen LogP contribution in [0.3, 0.4) is 0 Å². The zero-order valence-corrected chi connectivity index (χ0v) is 17.8. The Balaban J connectivity index is 2.41. The number of hydrogen-bond acceptors (Lipinski definition) is 8. The molecule has 0 bridgehead atoms. The Morgan fingerprint density at radius 3 is 1.86 bits per heavy atom. The van der Waals surface area contributed by atoms with Crippen LogP contribution in [0.4, 0.5) is 11.4 Å². The Morgan fingerprint density at radius 1 is 0.862 bits per heavy atom. The summed E-state index contributed by atoms with van der Waals surface area (Å²) in [4.78, 5) is 1.55. The van der Waals surface area contributed by atoms with E-state index in [1.165, 1.54) is 11.8 Å². The number of rotatable bonds is 7. The van der Waals surface area contributed by atoms with E-state index in [2.05, 4.69) is 5.32 Å². The van der Waals surface area contributed by atoms with E-state index < -0.39 is 0 Å². The summed E-state index contributed by atoms with van der Waals surface area (Å²) in [6.07, 6.45) is 0. The zero-order valence-electron chi connectivity index (χ0n) is 16.1. The van der Waals surface area contributed by atoms with Crippen LogP contribution in [0.1, 0.15) is 13.8 Å². The second-order valence-corrected chi connectivity index (χ2v) is 8.41. The summed E-state index contributed by atoms with van der Waals surface area (Å²) in [6.45, 7) is 4.07. The molecule has 2 rings (SSSR count). The van der Waals surface area contributed by atoms with Crippen LogP contribution in [0.5, 0.6) is 0 Å². The van der Waals surface area contributed by atoms with Gasteiger partial charge in [0.25, 0.3) is 0 Å². The number of hydrogen-bond donors (Lipinski definition) is 4. The zero-order chi connectivity index (χ0) is 21.4. The highest BCUT2D eigenvalue weighted by molar-refractivity contribution is 8.03. The first kappa shape index (κ1) is 22.1. The molecule has 0 atom stereocenters. The van der Waals surface area contributed by atoms with Crippen molar-refractivity contribution in [2.45, 2.75) is 29.7 Å². The summed E-state index contributed by atoms with van der Waals surface area (Å²) >= 11 is 2.34. The number of nitrogens with zero attached hydrogens (tertiary/aromatic N) is 2. The average molecular weight is 423 g/mol. The van der Waals surface area contributed by atoms with E-state index in [1.807, 2.05) is 62.4 Å². The molecular formula is C21H22N6S2. The predicted molar refractivity (Wildman–Crippen MR) is 121 cm³/mol. The Hall–Kier alpha value is -3.20. The van der Waals surface area contributed by atoms with Gasteiger partial charge in [-0.15, -0.1) is 0 Å². The molecule has 0 saturated heterocycles. The number of nitrogen functional groups attached to an aromatic ring is 1. The lowest BCUT2D eigenvalue weighted by atomic mass is 10.1. The van der Waals surface area contributed by atoms with Crippen molar-refractivity contribution in [3.05, 3.63) is 69.7 Å². The van der Waals surface area contributed by atoms with Gasteiger partial charge in [0, 0.05) is 27.2 Å². The van der Waals surface area contributed by atoms with Crippen molar-refractivity contribution >= 4 is 34.9 Å². The first-order valence-corrected chi connectivity index (χ1v) is 10.4. The molecular weight excluding hydrogens is 400 g/mol. The van der Waals surface area contributed by atoms with Gasteiger partial charge >= 0.3 is 0 Å². The molecule has 0 heterocycles. The van der Waals surface area contributed by atoms with Crippen LogP contribution >= 0.6 is 23.5 Å². The first-order valence-electron chi connectivity index (χ1n) is 8.73. The highest BCUT2D eigenvalue weighted by atomic mass is 32.2. The smallest absolute Gasteiger partial charge is 0.103 e. The van der Waals surface area contributed by atoms with Crippen LogP contribution in [-0.2, 0) is 0 Å². The quantitative estimate of drug-likeness (QED) is 0.223. The Kier molecular flexibility index (Phi) is 7.90. The molecule has 2 aromatic rings. The minimum atomic E-state index is 0.0278. The van der Waals surface area contributed by atoms with E-state index in [4.69, 9.17) is 17.2 Å². The molecule has 8 heteroatoms. The van der Waals surface area contributed by atoms with E-state index in [0.717, 1.165) is 22.3 Å². The molecule has 2 aromatic carbocycles. The van der Waals surface area contributed by atoms with Crippen molar-refractivity contribution in [3.63, 3.8) is 0 Å². The van der Waals surface area contributed by atoms with Gasteiger partial charge in [-0.1, -0.05) is 47.8 Å². The Morgan fingerprint density at radius 2 is 1.34 bits per heavy atom. The molecule has 0 aliphatic heterocycles. The number of nitrogens with one attached hydrogen (secondary N) is 1. The van der Waals surface area contributed by atoms with Crippen LogP contribution in [0.15, 0.2) is 79.5 Å². The number of benzene rings is 2. The van der Waals surface area contributed by atoms with Crippen LogP contribution in [0, 0.1) is 22.7 Å². The number of nitrogens with two attached hydrogens (primary N) is 3. The van der Waals surface area contributed by atoms with Crippen LogP contribution in [0.25, 0.3) is 0 Å². The normalized spacial score (nSPS) is 12.4. The second-order valence-electron chi connectivity index (χ2n) is 6.24. The lowest BCUT2D eigenvalue weighted by Crippen LogP contribution is -2.11. The minimum Gasteiger partial charge on any atom is -0.398 e. The molecule has 0 aliphatic rings. The van der Waals surface area contributed by atoms with Crippen LogP contribution in [-0.4, -0.2) is 6.04 Å². The second kappa shape index (κ2) is 10.4. The molecule has 6 nitrogen and oxygen atoms in total. The molecule has 0 saturated carbocycles. The fourth-order valence-corrected chi connectivity index (χ4v) is 4.06. The maximum Gasteiger partial charge on any atom is 0.103 e. The molecule has 0 amide bonds. The van der Waals surface area contributed by atoms with Gasteiger partial charge in [0.1, 0.15) is 23.3 Å². The van der Waals surface area contributed by atoms with Crippen molar-refractivity contribution in [1.29, 1.82) is 10.5 Å². The third-order valence-corrected chi connectivity index (χ3v) is 5.67. The summed E-state index contributed by atoms with van der Waals surface area (Å²) in [5.74, 6) is 0. The van der Waals surface area contributed by atoms with Gasteiger partial charge in [-0.2, -0.15) is 10.5 Å².